The van der Waals surface area contributed by atoms with Crippen LogP contribution >= 0.6 is 0 Å². The van der Waals surface area contributed by atoms with Crippen LogP contribution in [0.25, 0.3) is 10.8 Å². The highest BCUT2D eigenvalue weighted by Gasteiger charge is 2.34. The van der Waals surface area contributed by atoms with Gasteiger partial charge in [-0.1, -0.05) is 44.0 Å². The van der Waals surface area contributed by atoms with Crippen molar-refractivity contribution in [3.05, 3.63) is 36.4 Å². The quantitative estimate of drug-likeness (QED) is 0.776. The molecule has 1 unspecified atom stereocenters. The highest BCUT2D eigenvalue weighted by molar-refractivity contribution is 7.93. The Labute approximate surface area is 142 Å². The molecule has 1 aliphatic rings. The number of nitrogens with zero attached hydrogens (tertiary/aromatic N) is 1. The third kappa shape index (κ3) is 2.98. The number of anilines is 1. The number of carboxylic acids is 1. The van der Waals surface area contributed by atoms with Crippen molar-refractivity contribution >= 4 is 32.5 Å². The maximum Gasteiger partial charge on any atom is 0.303 e. The molecular weight excluding hydrogens is 326 g/mol. The molecule has 0 saturated carbocycles. The summed E-state index contributed by atoms with van der Waals surface area (Å²) >= 11 is 0. The monoisotopic (exact) mass is 347 g/mol. The van der Waals surface area contributed by atoms with Gasteiger partial charge in [-0.2, -0.15) is 0 Å². The SMILES string of the molecule is CC(CCCCN1c2cccc3cccc(c23)S1(=O)=O)CC(=O)O. The lowest BCUT2D eigenvalue weighted by molar-refractivity contribution is -0.138. The Balaban J connectivity index is 1.72. The van der Waals surface area contributed by atoms with Crippen molar-refractivity contribution in [1.82, 2.24) is 0 Å². The third-order valence-electron chi connectivity index (χ3n) is 4.51. The second-order valence-corrected chi connectivity index (χ2v) is 8.24. The van der Waals surface area contributed by atoms with Crippen molar-refractivity contribution in [2.24, 2.45) is 5.92 Å². The van der Waals surface area contributed by atoms with E-state index >= 15 is 0 Å². The van der Waals surface area contributed by atoms with Crippen LogP contribution in [-0.4, -0.2) is 26.0 Å². The maximum absolute atomic E-state index is 12.8. The molecule has 2 aromatic carbocycles. The van der Waals surface area contributed by atoms with Crippen molar-refractivity contribution < 1.29 is 18.3 Å². The third-order valence-corrected chi connectivity index (χ3v) is 6.37. The molecule has 0 radical (unpaired) electrons. The standard InChI is InChI=1S/C18H21NO4S/c1-13(12-17(20)21)6-2-3-11-19-15-9-4-7-14-8-5-10-16(18(14)15)24(19,22)23/h4-5,7-10,13H,2-3,6,11-12H2,1H3,(H,20,21). The predicted octanol–water partition coefficient (Wildman–Crippen LogP) is 3.63. The number of benzene rings is 2. The van der Waals surface area contributed by atoms with Gasteiger partial charge in [-0.3, -0.25) is 9.10 Å². The molecule has 3 rings (SSSR count). The van der Waals surface area contributed by atoms with E-state index in [0.29, 0.717) is 17.9 Å². The summed E-state index contributed by atoms with van der Waals surface area (Å²) in [6.07, 6.45) is 2.48. The first-order valence-corrected chi connectivity index (χ1v) is 9.61. The minimum absolute atomic E-state index is 0.110. The van der Waals surface area contributed by atoms with Gasteiger partial charge in [0.25, 0.3) is 10.0 Å². The molecule has 0 aliphatic carbocycles. The van der Waals surface area contributed by atoms with Crippen LogP contribution in [0, 0.1) is 5.92 Å². The molecule has 1 atom stereocenters. The zero-order valence-corrected chi connectivity index (χ0v) is 14.4. The lowest BCUT2D eigenvalue weighted by Gasteiger charge is -2.19. The van der Waals surface area contributed by atoms with Crippen molar-refractivity contribution in [1.29, 1.82) is 0 Å². The molecule has 24 heavy (non-hydrogen) atoms. The van der Waals surface area contributed by atoms with Crippen LogP contribution in [0.2, 0.25) is 0 Å². The van der Waals surface area contributed by atoms with Crippen molar-refractivity contribution in [2.45, 2.75) is 37.5 Å². The maximum atomic E-state index is 12.8. The molecule has 1 aliphatic heterocycles. The highest BCUT2D eigenvalue weighted by atomic mass is 32.2. The number of sulfonamides is 1. The topological polar surface area (TPSA) is 74.7 Å². The van der Waals surface area contributed by atoms with Gasteiger partial charge >= 0.3 is 5.97 Å². The van der Waals surface area contributed by atoms with E-state index < -0.39 is 16.0 Å². The molecule has 2 aromatic rings. The van der Waals surface area contributed by atoms with Crippen LogP contribution in [0.15, 0.2) is 41.3 Å². The highest BCUT2D eigenvalue weighted by Crippen LogP contribution is 2.42. The second-order valence-electron chi connectivity index (χ2n) is 6.41. The average molecular weight is 347 g/mol. The minimum Gasteiger partial charge on any atom is -0.481 e. The van der Waals surface area contributed by atoms with Gasteiger partial charge in [0, 0.05) is 18.4 Å². The number of aliphatic carboxylic acids is 1. The summed E-state index contributed by atoms with van der Waals surface area (Å²) in [5.74, 6) is -0.676. The summed E-state index contributed by atoms with van der Waals surface area (Å²) in [4.78, 5) is 11.1. The number of carbonyl (C=O) groups is 1. The fourth-order valence-electron chi connectivity index (χ4n) is 3.35. The van der Waals surface area contributed by atoms with Crippen LogP contribution in [-0.2, 0) is 14.8 Å². The van der Waals surface area contributed by atoms with Gasteiger partial charge in [0.15, 0.2) is 0 Å². The first kappa shape index (κ1) is 16.8. The number of hydrogen-bond donors (Lipinski definition) is 1. The lowest BCUT2D eigenvalue weighted by Crippen LogP contribution is -2.28. The molecule has 0 aromatic heterocycles. The van der Waals surface area contributed by atoms with Crippen LogP contribution in [0.3, 0.4) is 0 Å². The molecular formula is C18H21NO4S. The Morgan fingerprint density at radius 2 is 1.88 bits per heavy atom. The van der Waals surface area contributed by atoms with Crippen LogP contribution < -0.4 is 4.31 Å². The summed E-state index contributed by atoms with van der Waals surface area (Å²) in [5.41, 5.74) is 0.752. The summed E-state index contributed by atoms with van der Waals surface area (Å²) < 4.78 is 27.1. The number of hydrogen-bond acceptors (Lipinski definition) is 3. The number of unbranched alkanes of at least 4 members (excludes halogenated alkanes) is 1. The van der Waals surface area contributed by atoms with Crippen LogP contribution in [0.4, 0.5) is 5.69 Å². The van der Waals surface area contributed by atoms with E-state index in [0.717, 1.165) is 29.3 Å². The molecule has 128 valence electrons. The summed E-state index contributed by atoms with van der Waals surface area (Å²) in [7, 11) is -3.48. The first-order chi connectivity index (χ1) is 11.4. The van der Waals surface area contributed by atoms with Crippen molar-refractivity contribution in [2.75, 3.05) is 10.8 Å². The Morgan fingerprint density at radius 1 is 1.17 bits per heavy atom. The molecule has 0 amide bonds. The van der Waals surface area contributed by atoms with Gasteiger partial charge in [-0.15, -0.1) is 0 Å². The van der Waals surface area contributed by atoms with E-state index in [1.54, 1.807) is 12.1 Å². The first-order valence-electron chi connectivity index (χ1n) is 8.17. The van der Waals surface area contributed by atoms with E-state index in [1.807, 2.05) is 31.2 Å². The molecule has 0 bridgehead atoms. The van der Waals surface area contributed by atoms with E-state index in [4.69, 9.17) is 5.11 Å². The molecule has 1 heterocycles. The van der Waals surface area contributed by atoms with Gasteiger partial charge in [-0.05, 0) is 29.9 Å². The Kier molecular flexibility index (Phi) is 4.49. The number of rotatable bonds is 7. The Bertz CT molecular complexity index is 870. The van der Waals surface area contributed by atoms with E-state index in [2.05, 4.69) is 0 Å². The summed E-state index contributed by atoms with van der Waals surface area (Å²) in [5, 5.41) is 10.5. The normalized spacial score (nSPS) is 16.5. The average Bonchev–Trinajstić information content (AvgIpc) is 2.74. The molecule has 6 heteroatoms. The van der Waals surface area contributed by atoms with E-state index in [1.165, 1.54) is 4.31 Å². The molecule has 5 nitrogen and oxygen atoms in total. The fraction of sp³-hybridized carbons (Fsp3) is 0.389. The largest absolute Gasteiger partial charge is 0.481 e. The fourth-order valence-corrected chi connectivity index (χ4v) is 5.10. The van der Waals surface area contributed by atoms with E-state index in [-0.39, 0.29) is 12.3 Å². The summed E-state index contributed by atoms with van der Waals surface area (Å²) in [6.45, 7) is 2.34. The van der Waals surface area contributed by atoms with Gasteiger partial charge in [0.1, 0.15) is 0 Å². The molecule has 1 N–H and O–H groups in total. The van der Waals surface area contributed by atoms with Crippen LogP contribution in [0.1, 0.15) is 32.6 Å². The van der Waals surface area contributed by atoms with Gasteiger partial charge in [-0.25, -0.2) is 8.42 Å². The molecule has 0 saturated heterocycles. The lowest BCUT2D eigenvalue weighted by atomic mass is 10.0. The minimum atomic E-state index is -3.48. The zero-order valence-electron chi connectivity index (χ0n) is 13.6. The van der Waals surface area contributed by atoms with E-state index in [9.17, 15) is 13.2 Å². The Hall–Kier alpha value is -2.08. The zero-order chi connectivity index (χ0) is 17.3. The van der Waals surface area contributed by atoms with Gasteiger partial charge in [0.2, 0.25) is 0 Å². The summed E-state index contributed by atoms with van der Waals surface area (Å²) in [6, 6.07) is 11.0. The van der Waals surface area contributed by atoms with Crippen molar-refractivity contribution in [3.8, 4) is 0 Å². The molecule has 0 spiro atoms. The van der Waals surface area contributed by atoms with Gasteiger partial charge < -0.3 is 5.11 Å². The smallest absolute Gasteiger partial charge is 0.303 e. The second kappa shape index (κ2) is 6.43. The van der Waals surface area contributed by atoms with Gasteiger partial charge in [0.05, 0.1) is 10.6 Å². The Morgan fingerprint density at radius 3 is 2.58 bits per heavy atom. The van der Waals surface area contributed by atoms with Crippen LogP contribution in [0.5, 0.6) is 0 Å². The predicted molar refractivity (Wildman–Crippen MR) is 93.7 cm³/mol. The molecule has 0 fully saturated rings. The van der Waals surface area contributed by atoms with Crippen molar-refractivity contribution in [3.63, 3.8) is 0 Å². The number of carboxylic acid groups (broad SMARTS) is 1.